The van der Waals surface area contributed by atoms with Gasteiger partial charge in [0.15, 0.2) is 5.96 Å². The zero-order chi connectivity index (χ0) is 15.5. The quantitative estimate of drug-likeness (QED) is 0.674. The molecule has 0 spiro atoms. The molecule has 0 aliphatic heterocycles. The number of aliphatic imine (C=N–C) groups is 1. The molecule has 3 rings (SSSR count). The summed E-state index contributed by atoms with van der Waals surface area (Å²) in [6.07, 6.45) is 1.23. The van der Waals surface area contributed by atoms with Crippen molar-refractivity contribution in [1.29, 1.82) is 0 Å². The smallest absolute Gasteiger partial charge is 0.191 e. The number of guanidine groups is 1. The Morgan fingerprint density at radius 1 is 1.23 bits per heavy atom. The van der Waals surface area contributed by atoms with Gasteiger partial charge in [0.2, 0.25) is 0 Å². The summed E-state index contributed by atoms with van der Waals surface area (Å²) in [5.74, 6) is 2.53. The van der Waals surface area contributed by atoms with Crippen molar-refractivity contribution >= 4 is 16.7 Å². The van der Waals surface area contributed by atoms with Crippen LogP contribution in [0.1, 0.15) is 18.9 Å². The summed E-state index contributed by atoms with van der Waals surface area (Å²) in [7, 11) is 3.51. The summed E-state index contributed by atoms with van der Waals surface area (Å²) < 4.78 is 5.26. The van der Waals surface area contributed by atoms with E-state index in [9.17, 15) is 0 Å². The number of hydrogen-bond acceptors (Lipinski definition) is 2. The standard InChI is InChI=1S/C18H23N3O/c1-12-8-17(12)21-18(19-2)20-11-13-4-5-15-10-16(22-3)7-6-14(15)9-13/h4-7,9-10,12,17H,8,11H2,1-3H3,(H2,19,20,21). The molecule has 2 atom stereocenters. The summed E-state index contributed by atoms with van der Waals surface area (Å²) >= 11 is 0. The number of hydrogen-bond donors (Lipinski definition) is 2. The van der Waals surface area contributed by atoms with Gasteiger partial charge in [-0.05, 0) is 46.9 Å². The van der Waals surface area contributed by atoms with Gasteiger partial charge in [0, 0.05) is 19.6 Å². The van der Waals surface area contributed by atoms with Crippen LogP contribution >= 0.6 is 0 Å². The minimum Gasteiger partial charge on any atom is -0.497 e. The molecule has 2 aromatic carbocycles. The Morgan fingerprint density at radius 3 is 2.64 bits per heavy atom. The molecule has 1 aliphatic carbocycles. The van der Waals surface area contributed by atoms with Gasteiger partial charge < -0.3 is 15.4 Å². The van der Waals surface area contributed by atoms with Crippen LogP contribution in [0.2, 0.25) is 0 Å². The van der Waals surface area contributed by atoms with Gasteiger partial charge in [-0.2, -0.15) is 0 Å². The van der Waals surface area contributed by atoms with Crippen LogP contribution in [0.15, 0.2) is 41.4 Å². The number of nitrogens with one attached hydrogen (secondary N) is 2. The molecular formula is C18H23N3O. The van der Waals surface area contributed by atoms with Gasteiger partial charge in [-0.3, -0.25) is 4.99 Å². The molecule has 2 unspecified atom stereocenters. The lowest BCUT2D eigenvalue weighted by Crippen LogP contribution is -2.38. The fourth-order valence-corrected chi connectivity index (χ4v) is 2.59. The molecule has 22 heavy (non-hydrogen) atoms. The Kier molecular flexibility index (Phi) is 4.18. The average molecular weight is 297 g/mol. The lowest BCUT2D eigenvalue weighted by Gasteiger charge is -2.12. The zero-order valence-electron chi connectivity index (χ0n) is 13.4. The Balaban J connectivity index is 1.65. The second kappa shape index (κ2) is 6.26. The van der Waals surface area contributed by atoms with Gasteiger partial charge in [0.05, 0.1) is 7.11 Å². The van der Waals surface area contributed by atoms with Crippen LogP contribution in [-0.2, 0) is 6.54 Å². The first-order valence-corrected chi connectivity index (χ1v) is 7.73. The summed E-state index contributed by atoms with van der Waals surface area (Å²) in [6, 6.07) is 13.2. The molecule has 116 valence electrons. The number of nitrogens with zero attached hydrogens (tertiary/aromatic N) is 1. The minimum absolute atomic E-state index is 0.579. The second-order valence-electron chi connectivity index (χ2n) is 5.94. The van der Waals surface area contributed by atoms with Gasteiger partial charge in [-0.15, -0.1) is 0 Å². The molecule has 0 amide bonds. The Morgan fingerprint density at radius 2 is 1.95 bits per heavy atom. The second-order valence-corrected chi connectivity index (χ2v) is 5.94. The summed E-state index contributed by atoms with van der Waals surface area (Å²) in [6.45, 7) is 3.02. The van der Waals surface area contributed by atoms with Gasteiger partial charge in [-0.1, -0.05) is 25.1 Å². The van der Waals surface area contributed by atoms with E-state index in [0.29, 0.717) is 6.04 Å². The maximum absolute atomic E-state index is 5.26. The molecule has 1 aliphatic rings. The first-order valence-electron chi connectivity index (χ1n) is 7.73. The largest absolute Gasteiger partial charge is 0.497 e. The summed E-state index contributed by atoms with van der Waals surface area (Å²) in [4.78, 5) is 4.28. The van der Waals surface area contributed by atoms with Crippen LogP contribution in [0.5, 0.6) is 5.75 Å². The van der Waals surface area contributed by atoms with Crippen molar-refractivity contribution in [3.8, 4) is 5.75 Å². The first-order chi connectivity index (χ1) is 10.7. The van der Waals surface area contributed by atoms with Gasteiger partial charge >= 0.3 is 0 Å². The molecule has 4 heteroatoms. The normalized spacial score (nSPS) is 20.8. The van der Waals surface area contributed by atoms with Crippen LogP contribution in [0.3, 0.4) is 0 Å². The van der Waals surface area contributed by atoms with Crippen molar-refractivity contribution in [2.24, 2.45) is 10.9 Å². The van der Waals surface area contributed by atoms with E-state index in [0.717, 1.165) is 24.2 Å². The average Bonchev–Trinajstić information content (AvgIpc) is 3.25. The number of benzene rings is 2. The molecule has 4 nitrogen and oxygen atoms in total. The van der Waals surface area contributed by atoms with Crippen molar-refractivity contribution in [2.45, 2.75) is 25.9 Å². The summed E-state index contributed by atoms with van der Waals surface area (Å²) in [5, 5.41) is 9.23. The van der Waals surface area contributed by atoms with Gasteiger partial charge in [0.1, 0.15) is 5.75 Å². The van der Waals surface area contributed by atoms with E-state index in [4.69, 9.17) is 4.74 Å². The zero-order valence-corrected chi connectivity index (χ0v) is 13.4. The minimum atomic E-state index is 0.579. The van der Waals surface area contributed by atoms with Crippen LogP contribution in [0.25, 0.3) is 10.8 Å². The van der Waals surface area contributed by atoms with Gasteiger partial charge in [-0.25, -0.2) is 0 Å². The van der Waals surface area contributed by atoms with Crippen LogP contribution < -0.4 is 15.4 Å². The molecule has 2 N–H and O–H groups in total. The number of rotatable bonds is 4. The fraction of sp³-hybridized carbons (Fsp3) is 0.389. The van der Waals surface area contributed by atoms with E-state index in [2.05, 4.69) is 52.9 Å². The Labute approximate surface area is 131 Å². The van der Waals surface area contributed by atoms with Crippen LogP contribution in [-0.4, -0.2) is 26.2 Å². The van der Waals surface area contributed by atoms with E-state index in [1.807, 2.05) is 13.1 Å². The van der Waals surface area contributed by atoms with Crippen molar-refractivity contribution in [3.05, 3.63) is 42.0 Å². The molecule has 0 heterocycles. The molecule has 1 saturated carbocycles. The van der Waals surface area contributed by atoms with Crippen molar-refractivity contribution in [1.82, 2.24) is 10.6 Å². The predicted molar refractivity (Wildman–Crippen MR) is 91.4 cm³/mol. The lowest BCUT2D eigenvalue weighted by atomic mass is 10.1. The first kappa shape index (κ1) is 14.7. The third-order valence-corrected chi connectivity index (χ3v) is 4.23. The third-order valence-electron chi connectivity index (χ3n) is 4.23. The maximum atomic E-state index is 5.26. The van der Waals surface area contributed by atoms with E-state index in [-0.39, 0.29) is 0 Å². The van der Waals surface area contributed by atoms with Gasteiger partial charge in [0.25, 0.3) is 0 Å². The Hall–Kier alpha value is -2.23. The molecule has 0 aromatic heterocycles. The number of ether oxygens (including phenoxy) is 1. The molecule has 0 radical (unpaired) electrons. The Bertz CT molecular complexity index is 696. The van der Waals surface area contributed by atoms with E-state index in [1.54, 1.807) is 7.11 Å². The maximum Gasteiger partial charge on any atom is 0.191 e. The highest BCUT2D eigenvalue weighted by molar-refractivity contribution is 5.85. The molecular weight excluding hydrogens is 274 g/mol. The number of fused-ring (bicyclic) bond motifs is 1. The SMILES string of the molecule is CN=C(NCc1ccc2cc(OC)ccc2c1)NC1CC1C. The monoisotopic (exact) mass is 297 g/mol. The highest BCUT2D eigenvalue weighted by atomic mass is 16.5. The summed E-state index contributed by atoms with van der Waals surface area (Å²) in [5.41, 5.74) is 1.24. The molecule has 0 bridgehead atoms. The van der Waals surface area contributed by atoms with E-state index < -0.39 is 0 Å². The highest BCUT2D eigenvalue weighted by Crippen LogP contribution is 2.28. The van der Waals surface area contributed by atoms with Crippen molar-refractivity contribution in [2.75, 3.05) is 14.2 Å². The predicted octanol–water partition coefficient (Wildman–Crippen LogP) is 2.92. The van der Waals surface area contributed by atoms with E-state index >= 15 is 0 Å². The lowest BCUT2D eigenvalue weighted by molar-refractivity contribution is 0.415. The molecule has 0 saturated heterocycles. The topological polar surface area (TPSA) is 45.7 Å². The van der Waals surface area contributed by atoms with Crippen LogP contribution in [0.4, 0.5) is 0 Å². The molecule has 1 fully saturated rings. The van der Waals surface area contributed by atoms with Crippen molar-refractivity contribution < 1.29 is 4.74 Å². The molecule has 2 aromatic rings. The third kappa shape index (κ3) is 3.32. The highest BCUT2D eigenvalue weighted by Gasteiger charge is 2.33. The fourth-order valence-electron chi connectivity index (χ4n) is 2.59. The van der Waals surface area contributed by atoms with Crippen molar-refractivity contribution in [3.63, 3.8) is 0 Å². The van der Waals surface area contributed by atoms with Crippen LogP contribution in [0, 0.1) is 5.92 Å². The van der Waals surface area contributed by atoms with E-state index in [1.165, 1.54) is 22.8 Å². The number of methoxy groups -OCH3 is 1.